The molecule has 0 bridgehead atoms. The first-order valence-electron chi connectivity index (χ1n) is 2.31. The Morgan fingerprint density at radius 3 is 1.70 bits per heavy atom. The summed E-state index contributed by atoms with van der Waals surface area (Å²) in [6, 6.07) is 0. The van der Waals surface area contributed by atoms with Gasteiger partial charge < -0.3 is 9.84 Å². The van der Waals surface area contributed by atoms with Crippen LogP contribution >= 0.6 is 0 Å². The minimum Gasteiger partial charge on any atom is -0.481 e. The monoisotopic (exact) mass is 148 g/mol. The van der Waals surface area contributed by atoms with E-state index in [1.807, 2.05) is 0 Å². The third kappa shape index (κ3) is 80.3. The van der Waals surface area contributed by atoms with Crippen molar-refractivity contribution >= 4 is 18.4 Å². The molecule has 5 nitrogen and oxygen atoms in total. The molecule has 0 amide bonds. The van der Waals surface area contributed by atoms with E-state index in [9.17, 15) is 9.59 Å². The standard InChI is InChI=1S/C3H4O3.C2H4O2/c1-3(5)6-2-4;1-2(3)4/h2H,1H3;1H3,(H,3,4). The predicted molar refractivity (Wildman–Crippen MR) is 31.1 cm³/mol. The summed E-state index contributed by atoms with van der Waals surface area (Å²) in [6.07, 6.45) is 0. The van der Waals surface area contributed by atoms with Crippen LogP contribution in [0.1, 0.15) is 13.8 Å². The quantitative estimate of drug-likeness (QED) is 0.316. The number of carbonyl (C=O) groups excluding carboxylic acids is 2. The Labute approximate surface area is 57.6 Å². The summed E-state index contributed by atoms with van der Waals surface area (Å²) in [6.45, 7) is 2.34. The van der Waals surface area contributed by atoms with Crippen LogP contribution in [0.15, 0.2) is 0 Å². The second-order valence-electron chi connectivity index (χ2n) is 1.22. The zero-order valence-electron chi connectivity index (χ0n) is 5.66. The fourth-order valence-corrected chi connectivity index (χ4v) is 0.0678. The van der Waals surface area contributed by atoms with Crippen molar-refractivity contribution in [1.82, 2.24) is 0 Å². The summed E-state index contributed by atoms with van der Waals surface area (Å²) in [5, 5.41) is 7.42. The fourth-order valence-electron chi connectivity index (χ4n) is 0.0678. The van der Waals surface area contributed by atoms with E-state index in [1.165, 1.54) is 0 Å². The van der Waals surface area contributed by atoms with Crippen LogP contribution in [-0.2, 0) is 19.1 Å². The molecular weight excluding hydrogens is 140 g/mol. The first-order chi connectivity index (χ1) is 4.50. The van der Waals surface area contributed by atoms with Crippen molar-refractivity contribution in [3.05, 3.63) is 0 Å². The molecule has 0 aromatic heterocycles. The van der Waals surface area contributed by atoms with E-state index in [2.05, 4.69) is 4.74 Å². The molecule has 5 heteroatoms. The summed E-state index contributed by atoms with van der Waals surface area (Å²) in [5.74, 6) is -1.41. The normalized spacial score (nSPS) is 6.60. The summed E-state index contributed by atoms with van der Waals surface area (Å²) in [5.41, 5.74) is 0. The van der Waals surface area contributed by atoms with Crippen molar-refractivity contribution < 1.29 is 24.2 Å². The van der Waals surface area contributed by atoms with Crippen LogP contribution < -0.4 is 0 Å². The number of carbonyl (C=O) groups is 3. The fraction of sp³-hybridized carbons (Fsp3) is 0.400. The third-order valence-electron chi connectivity index (χ3n) is 0.214. The molecule has 0 unspecified atom stereocenters. The van der Waals surface area contributed by atoms with Crippen LogP contribution in [0.3, 0.4) is 0 Å². The first-order valence-corrected chi connectivity index (χ1v) is 2.31. The van der Waals surface area contributed by atoms with Crippen molar-refractivity contribution in [2.24, 2.45) is 0 Å². The molecule has 0 spiro atoms. The lowest BCUT2D eigenvalue weighted by Gasteiger charge is -1.78. The van der Waals surface area contributed by atoms with Gasteiger partial charge in [0.1, 0.15) is 0 Å². The van der Waals surface area contributed by atoms with Gasteiger partial charge in [0.15, 0.2) is 0 Å². The minimum atomic E-state index is -0.833. The van der Waals surface area contributed by atoms with Crippen molar-refractivity contribution in [2.45, 2.75) is 13.8 Å². The predicted octanol–water partition coefficient (Wildman–Crippen LogP) is -0.203. The van der Waals surface area contributed by atoms with Gasteiger partial charge in [0.05, 0.1) is 0 Å². The SMILES string of the molecule is CC(=O)O.CC(=O)OC=O. The van der Waals surface area contributed by atoms with E-state index in [0.717, 1.165) is 13.8 Å². The number of esters is 1. The van der Waals surface area contributed by atoms with Gasteiger partial charge >= 0.3 is 12.4 Å². The molecule has 0 saturated heterocycles. The highest BCUT2D eigenvalue weighted by Gasteiger charge is 1.82. The van der Waals surface area contributed by atoms with Crippen LogP contribution in [0.25, 0.3) is 0 Å². The lowest BCUT2D eigenvalue weighted by Crippen LogP contribution is -1.93. The Kier molecular flexibility index (Phi) is 8.68. The van der Waals surface area contributed by atoms with Crippen molar-refractivity contribution in [1.29, 1.82) is 0 Å². The molecule has 10 heavy (non-hydrogen) atoms. The summed E-state index contributed by atoms with van der Waals surface area (Å²) in [4.78, 5) is 27.8. The maximum atomic E-state index is 9.59. The van der Waals surface area contributed by atoms with Gasteiger partial charge in [0.2, 0.25) is 0 Å². The second kappa shape index (κ2) is 7.61. The van der Waals surface area contributed by atoms with Crippen molar-refractivity contribution in [3.8, 4) is 0 Å². The van der Waals surface area contributed by atoms with Crippen LogP contribution in [0.4, 0.5) is 0 Å². The first kappa shape index (κ1) is 11.4. The topological polar surface area (TPSA) is 80.7 Å². The molecule has 58 valence electrons. The van der Waals surface area contributed by atoms with Crippen molar-refractivity contribution in [2.75, 3.05) is 0 Å². The zero-order valence-corrected chi connectivity index (χ0v) is 5.66. The lowest BCUT2D eigenvalue weighted by atomic mass is 10.8. The Morgan fingerprint density at radius 2 is 1.70 bits per heavy atom. The Morgan fingerprint density at radius 1 is 1.40 bits per heavy atom. The molecule has 1 N–H and O–H groups in total. The molecule has 0 atom stereocenters. The van der Waals surface area contributed by atoms with Gasteiger partial charge in [-0.25, -0.2) is 0 Å². The number of ether oxygens (including phenoxy) is 1. The van der Waals surface area contributed by atoms with Gasteiger partial charge in [-0.15, -0.1) is 0 Å². The maximum Gasteiger partial charge on any atom is 0.310 e. The molecule has 0 radical (unpaired) electrons. The Bertz CT molecular complexity index is 124. The number of rotatable bonds is 1. The van der Waals surface area contributed by atoms with E-state index in [1.54, 1.807) is 0 Å². The van der Waals surface area contributed by atoms with E-state index in [4.69, 9.17) is 9.90 Å². The average Bonchev–Trinajstić information content (AvgIpc) is 1.62. The number of aliphatic carboxylic acids is 1. The molecule has 0 fully saturated rings. The lowest BCUT2D eigenvalue weighted by molar-refractivity contribution is -0.149. The largest absolute Gasteiger partial charge is 0.481 e. The second-order valence-corrected chi connectivity index (χ2v) is 1.22. The average molecular weight is 148 g/mol. The van der Waals surface area contributed by atoms with Crippen molar-refractivity contribution in [3.63, 3.8) is 0 Å². The van der Waals surface area contributed by atoms with Gasteiger partial charge in [0, 0.05) is 13.8 Å². The Hall–Kier alpha value is -1.39. The van der Waals surface area contributed by atoms with Gasteiger partial charge in [-0.3, -0.25) is 14.4 Å². The van der Waals surface area contributed by atoms with E-state index in [0.29, 0.717) is 0 Å². The van der Waals surface area contributed by atoms with Gasteiger partial charge in [0.25, 0.3) is 5.97 Å². The van der Waals surface area contributed by atoms with Gasteiger partial charge in [-0.1, -0.05) is 0 Å². The molecule has 0 aromatic carbocycles. The zero-order chi connectivity index (χ0) is 8.57. The number of hydrogen-bond donors (Lipinski definition) is 1. The Balaban J connectivity index is 0. The number of hydrogen-bond acceptors (Lipinski definition) is 4. The number of carboxylic acid groups (broad SMARTS) is 1. The minimum absolute atomic E-state index is 0.0995. The van der Waals surface area contributed by atoms with Crippen LogP contribution in [0.5, 0.6) is 0 Å². The molecule has 0 aromatic rings. The summed E-state index contributed by atoms with van der Waals surface area (Å²) >= 11 is 0. The van der Waals surface area contributed by atoms with Crippen LogP contribution in [0.2, 0.25) is 0 Å². The molecule has 0 aliphatic heterocycles. The van der Waals surface area contributed by atoms with E-state index in [-0.39, 0.29) is 6.47 Å². The number of carboxylic acids is 1. The molecule has 0 rings (SSSR count). The van der Waals surface area contributed by atoms with Crippen LogP contribution in [0, 0.1) is 0 Å². The van der Waals surface area contributed by atoms with Gasteiger partial charge in [-0.2, -0.15) is 0 Å². The molecular formula is C5H8O5. The van der Waals surface area contributed by atoms with Crippen LogP contribution in [-0.4, -0.2) is 23.5 Å². The maximum absolute atomic E-state index is 9.59. The molecule has 0 heterocycles. The summed E-state index contributed by atoms with van der Waals surface area (Å²) in [7, 11) is 0. The highest BCUT2D eigenvalue weighted by Crippen LogP contribution is 1.62. The third-order valence-corrected chi connectivity index (χ3v) is 0.214. The summed E-state index contributed by atoms with van der Waals surface area (Å²) < 4.78 is 3.72. The smallest absolute Gasteiger partial charge is 0.310 e. The van der Waals surface area contributed by atoms with E-state index < -0.39 is 11.9 Å². The molecule has 0 aliphatic carbocycles. The molecule has 0 aliphatic rings. The highest BCUT2D eigenvalue weighted by molar-refractivity contribution is 5.73. The molecule has 0 saturated carbocycles. The van der Waals surface area contributed by atoms with E-state index >= 15 is 0 Å². The van der Waals surface area contributed by atoms with Gasteiger partial charge in [-0.05, 0) is 0 Å². The highest BCUT2D eigenvalue weighted by atomic mass is 16.6.